The van der Waals surface area contributed by atoms with Crippen LogP contribution in [0.15, 0.2) is 12.1 Å². The molecule has 4 heteroatoms. The van der Waals surface area contributed by atoms with Crippen molar-refractivity contribution in [3.05, 3.63) is 34.4 Å². The third-order valence-corrected chi connectivity index (χ3v) is 3.11. The van der Waals surface area contributed by atoms with Gasteiger partial charge in [0.25, 0.3) is 0 Å². The summed E-state index contributed by atoms with van der Waals surface area (Å²) >= 11 is 0. The fraction of sp³-hybridized carbons (Fsp3) is 0.467. The van der Waals surface area contributed by atoms with Gasteiger partial charge in [0, 0.05) is 13.3 Å². The Kier molecular flexibility index (Phi) is 5.10. The minimum absolute atomic E-state index is 0.238. The monoisotopic (exact) mass is 263 g/mol. The topological polar surface area (TPSA) is 55.4 Å². The molecule has 4 nitrogen and oxygen atoms in total. The van der Waals surface area contributed by atoms with Crippen LogP contribution in [0.1, 0.15) is 29.2 Å². The summed E-state index contributed by atoms with van der Waals surface area (Å²) in [5.41, 5.74) is 4.51. The second-order valence-corrected chi connectivity index (χ2v) is 4.86. The molecule has 0 aromatic heterocycles. The molecule has 0 bridgehead atoms. The lowest BCUT2D eigenvalue weighted by molar-refractivity contribution is -0.144. The Morgan fingerprint density at radius 2 is 1.74 bits per heavy atom. The van der Waals surface area contributed by atoms with Crippen LogP contribution in [-0.4, -0.2) is 25.0 Å². The Bertz CT molecular complexity index is 471. The summed E-state index contributed by atoms with van der Waals surface area (Å²) < 4.78 is 4.74. The van der Waals surface area contributed by atoms with Crippen molar-refractivity contribution in [2.75, 3.05) is 7.11 Å². The number of benzene rings is 1. The van der Waals surface area contributed by atoms with E-state index in [0.717, 1.165) is 16.7 Å². The Hall–Kier alpha value is -1.84. The van der Waals surface area contributed by atoms with Crippen molar-refractivity contribution in [2.24, 2.45) is 0 Å². The summed E-state index contributed by atoms with van der Waals surface area (Å²) in [7, 11) is 1.33. The van der Waals surface area contributed by atoms with Crippen LogP contribution in [-0.2, 0) is 20.7 Å². The molecule has 19 heavy (non-hydrogen) atoms. The zero-order valence-corrected chi connectivity index (χ0v) is 12.2. The molecule has 1 atom stereocenters. The average molecular weight is 263 g/mol. The fourth-order valence-electron chi connectivity index (χ4n) is 2.32. The molecule has 1 unspecified atom stereocenters. The third-order valence-electron chi connectivity index (χ3n) is 3.11. The average Bonchev–Trinajstić information content (AvgIpc) is 2.30. The molecule has 1 aromatic rings. The molecule has 0 saturated carbocycles. The number of methoxy groups -OCH3 is 1. The van der Waals surface area contributed by atoms with Crippen LogP contribution in [0.5, 0.6) is 0 Å². The van der Waals surface area contributed by atoms with Gasteiger partial charge in [-0.2, -0.15) is 0 Å². The highest BCUT2D eigenvalue weighted by atomic mass is 16.5. The van der Waals surface area contributed by atoms with Gasteiger partial charge in [0.1, 0.15) is 6.04 Å². The first-order chi connectivity index (χ1) is 8.85. The van der Waals surface area contributed by atoms with Crippen LogP contribution in [0.3, 0.4) is 0 Å². The van der Waals surface area contributed by atoms with E-state index in [1.807, 2.05) is 20.8 Å². The molecule has 0 saturated heterocycles. The van der Waals surface area contributed by atoms with E-state index in [0.29, 0.717) is 6.42 Å². The molecule has 104 valence electrons. The van der Waals surface area contributed by atoms with Crippen molar-refractivity contribution in [3.63, 3.8) is 0 Å². The molecule has 0 spiro atoms. The summed E-state index contributed by atoms with van der Waals surface area (Å²) in [6.45, 7) is 7.45. The van der Waals surface area contributed by atoms with E-state index in [4.69, 9.17) is 4.74 Å². The van der Waals surface area contributed by atoms with Gasteiger partial charge in [-0.1, -0.05) is 17.7 Å². The molecule has 1 N–H and O–H groups in total. The number of esters is 1. The lowest BCUT2D eigenvalue weighted by atomic mass is 9.94. The van der Waals surface area contributed by atoms with Gasteiger partial charge in [-0.25, -0.2) is 4.79 Å². The predicted octanol–water partition coefficient (Wildman–Crippen LogP) is 1.83. The van der Waals surface area contributed by atoms with E-state index in [1.165, 1.54) is 19.6 Å². The molecule has 0 fully saturated rings. The summed E-state index contributed by atoms with van der Waals surface area (Å²) in [5, 5.41) is 2.63. The summed E-state index contributed by atoms with van der Waals surface area (Å²) in [4.78, 5) is 22.9. The highest BCUT2D eigenvalue weighted by Crippen LogP contribution is 2.18. The van der Waals surface area contributed by atoms with Gasteiger partial charge in [-0.3, -0.25) is 4.79 Å². The second-order valence-electron chi connectivity index (χ2n) is 4.86. The normalized spacial score (nSPS) is 11.8. The predicted molar refractivity (Wildman–Crippen MR) is 74.0 cm³/mol. The largest absolute Gasteiger partial charge is 0.467 e. The first kappa shape index (κ1) is 15.2. The maximum Gasteiger partial charge on any atom is 0.328 e. The molecule has 0 heterocycles. The summed E-state index contributed by atoms with van der Waals surface area (Å²) in [6.07, 6.45) is 0.449. The van der Waals surface area contributed by atoms with Crippen molar-refractivity contribution in [3.8, 4) is 0 Å². The van der Waals surface area contributed by atoms with Crippen molar-refractivity contribution in [1.82, 2.24) is 5.32 Å². The van der Waals surface area contributed by atoms with Gasteiger partial charge in [0.05, 0.1) is 7.11 Å². The molecule has 0 aliphatic carbocycles. The highest BCUT2D eigenvalue weighted by Gasteiger charge is 2.22. The second kappa shape index (κ2) is 6.36. The van der Waals surface area contributed by atoms with Crippen molar-refractivity contribution in [1.29, 1.82) is 0 Å². The van der Waals surface area contributed by atoms with E-state index in [2.05, 4.69) is 17.4 Å². The number of rotatable bonds is 4. The number of nitrogens with one attached hydrogen (secondary N) is 1. The number of amides is 1. The Labute approximate surface area is 114 Å². The van der Waals surface area contributed by atoms with E-state index >= 15 is 0 Å². The number of hydrogen-bond acceptors (Lipinski definition) is 3. The van der Waals surface area contributed by atoms with Crippen LogP contribution < -0.4 is 5.32 Å². The van der Waals surface area contributed by atoms with Crippen LogP contribution in [0.2, 0.25) is 0 Å². The van der Waals surface area contributed by atoms with E-state index in [-0.39, 0.29) is 5.91 Å². The van der Waals surface area contributed by atoms with Crippen LogP contribution in [0.4, 0.5) is 0 Å². The SMILES string of the molecule is COC(=O)C(Cc1c(C)cc(C)cc1C)NC(C)=O. The Morgan fingerprint density at radius 1 is 1.21 bits per heavy atom. The Morgan fingerprint density at radius 3 is 2.16 bits per heavy atom. The first-order valence-electron chi connectivity index (χ1n) is 6.26. The zero-order chi connectivity index (χ0) is 14.6. The van der Waals surface area contributed by atoms with E-state index in [9.17, 15) is 9.59 Å². The number of carbonyl (C=O) groups excluding carboxylic acids is 2. The van der Waals surface area contributed by atoms with Gasteiger partial charge in [0.2, 0.25) is 5.91 Å². The lowest BCUT2D eigenvalue weighted by Gasteiger charge is -2.18. The molecule has 0 radical (unpaired) electrons. The van der Waals surface area contributed by atoms with Crippen molar-refractivity contribution in [2.45, 2.75) is 40.2 Å². The number of ether oxygens (including phenoxy) is 1. The molecule has 1 aromatic carbocycles. The van der Waals surface area contributed by atoms with E-state index in [1.54, 1.807) is 0 Å². The Balaban J connectivity index is 3.02. The van der Waals surface area contributed by atoms with E-state index < -0.39 is 12.0 Å². The van der Waals surface area contributed by atoms with Gasteiger partial charge >= 0.3 is 5.97 Å². The molecule has 1 amide bonds. The molecular weight excluding hydrogens is 242 g/mol. The molecule has 0 aliphatic heterocycles. The number of aryl methyl sites for hydroxylation is 3. The maximum atomic E-state index is 11.7. The first-order valence-corrected chi connectivity index (χ1v) is 6.26. The zero-order valence-electron chi connectivity index (χ0n) is 12.2. The molecular formula is C15H21NO3. The van der Waals surface area contributed by atoms with Crippen LogP contribution >= 0.6 is 0 Å². The van der Waals surface area contributed by atoms with Crippen molar-refractivity contribution < 1.29 is 14.3 Å². The van der Waals surface area contributed by atoms with Crippen LogP contribution in [0.25, 0.3) is 0 Å². The highest BCUT2D eigenvalue weighted by molar-refractivity contribution is 5.83. The van der Waals surface area contributed by atoms with Gasteiger partial charge < -0.3 is 10.1 Å². The standard InChI is InChI=1S/C15H21NO3/c1-9-6-10(2)13(11(3)7-9)8-14(15(18)19-5)16-12(4)17/h6-7,14H,8H2,1-5H3,(H,16,17). The van der Waals surface area contributed by atoms with Crippen LogP contribution in [0, 0.1) is 20.8 Å². The molecule has 1 rings (SSSR count). The number of hydrogen-bond donors (Lipinski definition) is 1. The van der Waals surface area contributed by atoms with Gasteiger partial charge in [-0.05, 0) is 37.5 Å². The fourth-order valence-corrected chi connectivity index (χ4v) is 2.32. The summed E-state index contributed by atoms with van der Waals surface area (Å²) in [6, 6.07) is 3.51. The minimum atomic E-state index is -0.636. The van der Waals surface area contributed by atoms with Gasteiger partial charge in [0.15, 0.2) is 0 Å². The molecule has 0 aliphatic rings. The van der Waals surface area contributed by atoms with Gasteiger partial charge in [-0.15, -0.1) is 0 Å². The maximum absolute atomic E-state index is 11.7. The lowest BCUT2D eigenvalue weighted by Crippen LogP contribution is -2.42. The summed E-state index contributed by atoms with van der Waals surface area (Å²) in [5.74, 6) is -0.660. The minimum Gasteiger partial charge on any atom is -0.467 e. The third kappa shape index (κ3) is 4.09. The number of carbonyl (C=O) groups is 2. The quantitative estimate of drug-likeness (QED) is 0.843. The smallest absolute Gasteiger partial charge is 0.328 e. The van der Waals surface area contributed by atoms with Crippen molar-refractivity contribution >= 4 is 11.9 Å².